The van der Waals surface area contributed by atoms with E-state index in [0.717, 1.165) is 27.9 Å². The normalized spacial score (nSPS) is 14.4. The van der Waals surface area contributed by atoms with E-state index in [1.165, 1.54) is 0 Å². The number of hydrogen-bond donors (Lipinski definition) is 1. The van der Waals surface area contributed by atoms with Gasteiger partial charge in [-0.3, -0.25) is 9.59 Å². The summed E-state index contributed by atoms with van der Waals surface area (Å²) in [5.41, 5.74) is 5.30. The van der Waals surface area contributed by atoms with Crippen molar-refractivity contribution in [3.05, 3.63) is 125 Å². The van der Waals surface area contributed by atoms with Gasteiger partial charge in [-0.15, -0.1) is 0 Å². The van der Waals surface area contributed by atoms with Crippen molar-refractivity contribution >= 4 is 17.4 Å². The summed E-state index contributed by atoms with van der Waals surface area (Å²) in [6, 6.07) is 31.2. The average molecular weight is 521 g/mol. The van der Waals surface area contributed by atoms with Gasteiger partial charge in [-0.25, -0.2) is 0 Å². The van der Waals surface area contributed by atoms with Crippen LogP contribution in [0.15, 0.2) is 97.1 Å². The van der Waals surface area contributed by atoms with Crippen molar-refractivity contribution in [3.8, 4) is 11.5 Å². The minimum Gasteiger partial charge on any atom is -0.496 e. The highest BCUT2D eigenvalue weighted by atomic mass is 16.5. The summed E-state index contributed by atoms with van der Waals surface area (Å²) >= 11 is 0. The Labute approximate surface area is 229 Å². The van der Waals surface area contributed by atoms with Crippen molar-refractivity contribution in [3.63, 3.8) is 0 Å². The number of Topliss-reactive ketones (excluding diaryl/α,β-unsaturated/α-hetero) is 1. The molecule has 5 rings (SSSR count). The van der Waals surface area contributed by atoms with Crippen LogP contribution in [0.2, 0.25) is 0 Å². The molecule has 0 spiro atoms. The fourth-order valence-corrected chi connectivity index (χ4v) is 4.80. The number of amides is 1. The second-order valence-electron chi connectivity index (χ2n) is 9.58. The van der Waals surface area contributed by atoms with Crippen molar-refractivity contribution in [2.24, 2.45) is 0 Å². The Morgan fingerprint density at radius 1 is 0.897 bits per heavy atom. The van der Waals surface area contributed by atoms with Crippen LogP contribution in [0.25, 0.3) is 0 Å². The van der Waals surface area contributed by atoms with Gasteiger partial charge in [0.2, 0.25) is 0 Å². The minimum atomic E-state index is -0.368. The lowest BCUT2D eigenvalue weighted by Crippen LogP contribution is -2.42. The molecule has 1 aliphatic rings. The number of benzene rings is 4. The summed E-state index contributed by atoms with van der Waals surface area (Å²) in [5.74, 6) is 1.61. The second kappa shape index (κ2) is 11.9. The topological polar surface area (TPSA) is 67.9 Å². The number of anilines is 1. The molecule has 4 aromatic carbocycles. The lowest BCUT2D eigenvalue weighted by molar-refractivity contribution is -0.118. The molecule has 1 unspecified atom stereocenters. The third-order valence-electron chi connectivity index (χ3n) is 6.95. The van der Waals surface area contributed by atoms with E-state index in [1.54, 1.807) is 7.11 Å². The number of carbonyl (C=O) groups is 2. The van der Waals surface area contributed by atoms with Crippen LogP contribution in [0.1, 0.15) is 52.1 Å². The maximum absolute atomic E-state index is 13.7. The highest BCUT2D eigenvalue weighted by Gasteiger charge is 2.33. The maximum atomic E-state index is 13.7. The summed E-state index contributed by atoms with van der Waals surface area (Å²) in [5, 5.41) is 3.57. The van der Waals surface area contributed by atoms with Gasteiger partial charge >= 0.3 is 0 Å². The molecule has 6 heteroatoms. The van der Waals surface area contributed by atoms with Gasteiger partial charge in [-0.2, -0.15) is 0 Å². The fourth-order valence-electron chi connectivity index (χ4n) is 4.80. The number of carbonyl (C=O) groups excluding carboxylic acids is 2. The summed E-state index contributed by atoms with van der Waals surface area (Å²) in [4.78, 5) is 27.3. The Balaban J connectivity index is 1.40. The molecular weight excluding hydrogens is 488 g/mol. The third kappa shape index (κ3) is 5.96. The fraction of sp³-hybridized carbons (Fsp3) is 0.212. The van der Waals surface area contributed by atoms with Crippen LogP contribution in [0.3, 0.4) is 0 Å². The van der Waals surface area contributed by atoms with E-state index in [9.17, 15) is 9.59 Å². The Morgan fingerprint density at radius 2 is 1.64 bits per heavy atom. The van der Waals surface area contributed by atoms with Gasteiger partial charge in [0.05, 0.1) is 12.7 Å². The molecule has 39 heavy (non-hydrogen) atoms. The monoisotopic (exact) mass is 520 g/mol. The van der Waals surface area contributed by atoms with Gasteiger partial charge in [-0.1, -0.05) is 67.6 Å². The van der Waals surface area contributed by atoms with E-state index in [1.807, 2.05) is 109 Å². The lowest BCUT2D eigenvalue weighted by atomic mass is 10.0. The number of hydrogen-bond acceptors (Lipinski definition) is 5. The molecule has 0 saturated carbocycles. The molecule has 1 atom stereocenters. The number of nitrogens with zero attached hydrogens (tertiary/aromatic N) is 1. The molecule has 1 N–H and O–H groups in total. The van der Waals surface area contributed by atoms with Crippen LogP contribution < -0.4 is 14.8 Å². The zero-order valence-electron chi connectivity index (χ0n) is 22.2. The molecule has 0 saturated heterocycles. The Hall–Kier alpha value is -4.58. The predicted octanol–water partition coefficient (Wildman–Crippen LogP) is 6.56. The van der Waals surface area contributed by atoms with Gasteiger partial charge < -0.3 is 19.7 Å². The standard InChI is InChI=1S/C33H32N2O4/c1-3-27(36)19-23-13-16-28(17-14-23)39-22-26-20-25(15-18-31(26)38-2)32-34-30-12-8-7-11-29(30)33(37)35(32)21-24-9-5-4-6-10-24/h4-18,20,32,34H,3,19,21-22H2,1-2H3. The van der Waals surface area contributed by atoms with E-state index in [0.29, 0.717) is 43.1 Å². The number of para-hydroxylation sites is 1. The molecule has 0 radical (unpaired) electrons. The van der Waals surface area contributed by atoms with Crippen LogP contribution >= 0.6 is 0 Å². The number of nitrogens with one attached hydrogen (secondary N) is 1. The zero-order valence-corrected chi connectivity index (χ0v) is 22.2. The molecule has 0 bridgehead atoms. The Bertz CT molecular complexity index is 1450. The highest BCUT2D eigenvalue weighted by molar-refractivity contribution is 6.01. The average Bonchev–Trinajstić information content (AvgIpc) is 2.98. The Morgan fingerprint density at radius 3 is 2.38 bits per heavy atom. The predicted molar refractivity (Wildman–Crippen MR) is 152 cm³/mol. The summed E-state index contributed by atoms with van der Waals surface area (Å²) in [6.45, 7) is 2.64. The number of methoxy groups -OCH3 is 1. The molecule has 0 aliphatic carbocycles. The summed E-state index contributed by atoms with van der Waals surface area (Å²) in [7, 11) is 1.64. The molecule has 0 aromatic heterocycles. The minimum absolute atomic E-state index is 0.0199. The van der Waals surface area contributed by atoms with E-state index < -0.39 is 0 Å². The third-order valence-corrected chi connectivity index (χ3v) is 6.95. The van der Waals surface area contributed by atoms with Crippen LogP contribution in [0.4, 0.5) is 5.69 Å². The van der Waals surface area contributed by atoms with Crippen molar-refractivity contribution in [2.45, 2.75) is 39.1 Å². The molecule has 1 heterocycles. The first kappa shape index (κ1) is 26.0. The van der Waals surface area contributed by atoms with E-state index >= 15 is 0 Å². The summed E-state index contributed by atoms with van der Waals surface area (Å²) < 4.78 is 11.7. The van der Waals surface area contributed by atoms with Gasteiger partial charge in [0.25, 0.3) is 5.91 Å². The van der Waals surface area contributed by atoms with Crippen LogP contribution in [0.5, 0.6) is 11.5 Å². The molecule has 6 nitrogen and oxygen atoms in total. The first-order valence-corrected chi connectivity index (χ1v) is 13.2. The van der Waals surface area contributed by atoms with Gasteiger partial charge in [-0.05, 0) is 53.1 Å². The second-order valence-corrected chi connectivity index (χ2v) is 9.58. The molecular formula is C33H32N2O4. The number of fused-ring (bicyclic) bond motifs is 1. The van der Waals surface area contributed by atoms with E-state index in [4.69, 9.17) is 9.47 Å². The Kier molecular flexibility index (Phi) is 7.92. The first-order valence-electron chi connectivity index (χ1n) is 13.2. The van der Waals surface area contributed by atoms with Gasteiger partial charge in [0, 0.05) is 30.6 Å². The molecule has 4 aromatic rings. The number of ether oxygens (including phenoxy) is 2. The molecule has 198 valence electrons. The van der Waals surface area contributed by atoms with Gasteiger partial charge in [0.1, 0.15) is 30.1 Å². The zero-order chi connectivity index (χ0) is 27.2. The quantitative estimate of drug-likeness (QED) is 0.256. The smallest absolute Gasteiger partial charge is 0.258 e. The van der Waals surface area contributed by atoms with Crippen LogP contribution in [-0.4, -0.2) is 23.7 Å². The van der Waals surface area contributed by atoms with Crippen LogP contribution in [0, 0.1) is 0 Å². The largest absolute Gasteiger partial charge is 0.496 e. The maximum Gasteiger partial charge on any atom is 0.258 e. The SMILES string of the molecule is CCC(=O)Cc1ccc(OCc2cc(C3Nc4ccccc4C(=O)N3Cc3ccccc3)ccc2OC)cc1. The van der Waals surface area contributed by atoms with E-state index in [-0.39, 0.29) is 17.9 Å². The van der Waals surface area contributed by atoms with Crippen molar-refractivity contribution in [2.75, 3.05) is 12.4 Å². The van der Waals surface area contributed by atoms with Crippen molar-refractivity contribution in [1.29, 1.82) is 0 Å². The van der Waals surface area contributed by atoms with Crippen molar-refractivity contribution < 1.29 is 19.1 Å². The highest BCUT2D eigenvalue weighted by Crippen LogP contribution is 2.36. The lowest BCUT2D eigenvalue weighted by Gasteiger charge is -2.38. The molecule has 1 amide bonds. The first-order chi connectivity index (χ1) is 19.1. The van der Waals surface area contributed by atoms with Gasteiger partial charge in [0.15, 0.2) is 0 Å². The van der Waals surface area contributed by atoms with Crippen LogP contribution in [-0.2, 0) is 24.4 Å². The number of ketones is 1. The molecule has 1 aliphatic heterocycles. The van der Waals surface area contributed by atoms with Crippen molar-refractivity contribution in [1.82, 2.24) is 4.90 Å². The molecule has 0 fully saturated rings. The number of rotatable bonds is 10. The summed E-state index contributed by atoms with van der Waals surface area (Å²) in [6.07, 6.45) is 0.597. The van der Waals surface area contributed by atoms with E-state index in [2.05, 4.69) is 5.32 Å².